The molecule has 1 aromatic carbocycles. The molecule has 0 bridgehead atoms. The Balaban J connectivity index is 2.84. The van der Waals surface area contributed by atoms with Crippen molar-refractivity contribution in [3.05, 3.63) is 29.8 Å². The van der Waals surface area contributed by atoms with Crippen molar-refractivity contribution >= 4 is 0 Å². The van der Waals surface area contributed by atoms with Gasteiger partial charge in [0.2, 0.25) is 0 Å². The molecule has 2 N–H and O–H groups in total. The van der Waals surface area contributed by atoms with E-state index in [1.807, 2.05) is 6.92 Å². The number of halogens is 1. The third-order valence-corrected chi connectivity index (χ3v) is 2.83. The van der Waals surface area contributed by atoms with E-state index in [4.69, 9.17) is 15.2 Å². The molecule has 0 saturated heterocycles. The highest BCUT2D eigenvalue weighted by molar-refractivity contribution is 5.31. The Labute approximate surface area is 108 Å². The molecular formula is C14H22FNO2. The lowest BCUT2D eigenvalue weighted by Gasteiger charge is -2.25. The van der Waals surface area contributed by atoms with Gasteiger partial charge in [-0.25, -0.2) is 4.39 Å². The first-order valence-corrected chi connectivity index (χ1v) is 6.27. The van der Waals surface area contributed by atoms with E-state index in [1.165, 1.54) is 7.11 Å². The van der Waals surface area contributed by atoms with Gasteiger partial charge in [-0.1, -0.05) is 12.1 Å². The molecule has 0 amide bonds. The molecule has 0 fully saturated rings. The van der Waals surface area contributed by atoms with Crippen LogP contribution in [0.5, 0.6) is 5.75 Å². The second-order valence-corrected chi connectivity index (χ2v) is 4.25. The molecule has 0 spiro atoms. The van der Waals surface area contributed by atoms with Crippen LogP contribution >= 0.6 is 0 Å². The molecule has 18 heavy (non-hydrogen) atoms. The molecule has 0 aliphatic rings. The van der Waals surface area contributed by atoms with Gasteiger partial charge in [0.1, 0.15) is 5.75 Å². The van der Waals surface area contributed by atoms with Crippen LogP contribution in [0.25, 0.3) is 0 Å². The zero-order chi connectivity index (χ0) is 13.4. The third-order valence-electron chi connectivity index (χ3n) is 2.83. The topological polar surface area (TPSA) is 44.5 Å². The van der Waals surface area contributed by atoms with E-state index >= 15 is 0 Å². The van der Waals surface area contributed by atoms with Crippen LogP contribution < -0.4 is 10.5 Å². The summed E-state index contributed by atoms with van der Waals surface area (Å²) < 4.78 is 25.1. The van der Waals surface area contributed by atoms with E-state index in [0.29, 0.717) is 31.6 Å². The number of hydrogen-bond acceptors (Lipinski definition) is 3. The highest BCUT2D eigenvalue weighted by Gasteiger charge is 2.31. The lowest BCUT2D eigenvalue weighted by Crippen LogP contribution is -2.27. The minimum Gasteiger partial charge on any atom is -0.494 e. The highest BCUT2D eigenvalue weighted by atomic mass is 19.1. The zero-order valence-corrected chi connectivity index (χ0v) is 11.1. The number of rotatable bonds is 8. The van der Waals surface area contributed by atoms with Gasteiger partial charge in [0, 0.05) is 7.11 Å². The summed E-state index contributed by atoms with van der Waals surface area (Å²) >= 11 is 0. The maximum absolute atomic E-state index is 14.8. The standard InChI is InChI=1S/C14H22FNO2/c1-3-18-13-7-5-12(6-8-13)14(15,11-17-2)9-4-10-16/h5-8H,3-4,9-11,16H2,1-2H3. The normalized spacial score (nSPS) is 14.2. The Hall–Kier alpha value is -1.13. The molecular weight excluding hydrogens is 233 g/mol. The van der Waals surface area contributed by atoms with E-state index in [-0.39, 0.29) is 6.61 Å². The van der Waals surface area contributed by atoms with Gasteiger partial charge in [-0.2, -0.15) is 0 Å². The summed E-state index contributed by atoms with van der Waals surface area (Å²) in [5.41, 5.74) is 4.59. The predicted molar refractivity (Wildman–Crippen MR) is 70.6 cm³/mol. The Morgan fingerprint density at radius 2 is 1.94 bits per heavy atom. The quantitative estimate of drug-likeness (QED) is 0.776. The van der Waals surface area contributed by atoms with Crippen LogP contribution in [0.15, 0.2) is 24.3 Å². The van der Waals surface area contributed by atoms with Crippen molar-refractivity contribution in [3.8, 4) is 5.75 Å². The van der Waals surface area contributed by atoms with Crippen molar-refractivity contribution in [2.75, 3.05) is 26.9 Å². The average molecular weight is 255 g/mol. The monoisotopic (exact) mass is 255 g/mol. The largest absolute Gasteiger partial charge is 0.494 e. The summed E-state index contributed by atoms with van der Waals surface area (Å²) in [5, 5.41) is 0. The van der Waals surface area contributed by atoms with E-state index in [9.17, 15) is 4.39 Å². The average Bonchev–Trinajstić information content (AvgIpc) is 2.38. The van der Waals surface area contributed by atoms with Gasteiger partial charge in [-0.3, -0.25) is 0 Å². The van der Waals surface area contributed by atoms with Crippen molar-refractivity contribution in [1.82, 2.24) is 0 Å². The third kappa shape index (κ3) is 3.96. The summed E-state index contributed by atoms with van der Waals surface area (Å²) in [4.78, 5) is 0. The fourth-order valence-electron chi connectivity index (χ4n) is 1.93. The number of alkyl halides is 1. The number of benzene rings is 1. The summed E-state index contributed by atoms with van der Waals surface area (Å²) in [6.07, 6.45) is 0.998. The van der Waals surface area contributed by atoms with E-state index in [2.05, 4.69) is 0 Å². The fourth-order valence-corrected chi connectivity index (χ4v) is 1.93. The second kappa shape index (κ2) is 7.34. The maximum Gasteiger partial charge on any atom is 0.159 e. The first-order chi connectivity index (χ1) is 8.66. The molecule has 4 heteroatoms. The van der Waals surface area contributed by atoms with Crippen molar-refractivity contribution in [2.24, 2.45) is 5.73 Å². The summed E-state index contributed by atoms with van der Waals surface area (Å²) in [6.45, 7) is 3.04. The Bertz CT molecular complexity index is 342. The molecule has 0 radical (unpaired) electrons. The van der Waals surface area contributed by atoms with Crippen molar-refractivity contribution in [2.45, 2.75) is 25.4 Å². The second-order valence-electron chi connectivity index (χ2n) is 4.25. The van der Waals surface area contributed by atoms with Crippen LogP contribution in [-0.2, 0) is 10.4 Å². The van der Waals surface area contributed by atoms with Gasteiger partial charge in [-0.05, 0) is 44.0 Å². The molecule has 102 valence electrons. The molecule has 0 saturated carbocycles. The molecule has 1 aromatic rings. The Morgan fingerprint density at radius 3 is 2.44 bits per heavy atom. The lowest BCUT2D eigenvalue weighted by molar-refractivity contribution is 0.0303. The number of methoxy groups -OCH3 is 1. The number of ether oxygens (including phenoxy) is 2. The van der Waals surface area contributed by atoms with E-state index in [0.717, 1.165) is 5.75 Å². The molecule has 1 rings (SSSR count). The van der Waals surface area contributed by atoms with E-state index in [1.54, 1.807) is 24.3 Å². The first kappa shape index (κ1) is 14.9. The van der Waals surface area contributed by atoms with Crippen LogP contribution in [0.1, 0.15) is 25.3 Å². The molecule has 0 aromatic heterocycles. The predicted octanol–water partition coefficient (Wildman–Crippen LogP) is 2.64. The van der Waals surface area contributed by atoms with Crippen LogP contribution in [0.4, 0.5) is 4.39 Å². The van der Waals surface area contributed by atoms with Crippen molar-refractivity contribution < 1.29 is 13.9 Å². The molecule has 0 heterocycles. The van der Waals surface area contributed by atoms with Gasteiger partial charge in [0.25, 0.3) is 0 Å². The number of nitrogens with two attached hydrogens (primary N) is 1. The zero-order valence-electron chi connectivity index (χ0n) is 11.1. The molecule has 3 nitrogen and oxygen atoms in total. The Kier molecular flexibility index (Phi) is 6.09. The van der Waals surface area contributed by atoms with Crippen LogP contribution in [-0.4, -0.2) is 26.9 Å². The van der Waals surface area contributed by atoms with Gasteiger partial charge >= 0.3 is 0 Å². The van der Waals surface area contributed by atoms with Gasteiger partial charge in [0.15, 0.2) is 5.67 Å². The molecule has 0 aliphatic carbocycles. The van der Waals surface area contributed by atoms with Crippen LogP contribution in [0.3, 0.4) is 0 Å². The SMILES string of the molecule is CCOc1ccc(C(F)(CCCN)COC)cc1. The minimum absolute atomic E-state index is 0.0426. The Morgan fingerprint density at radius 1 is 1.28 bits per heavy atom. The van der Waals surface area contributed by atoms with Gasteiger partial charge in [-0.15, -0.1) is 0 Å². The summed E-state index contributed by atoms with van der Waals surface area (Å²) in [7, 11) is 1.51. The smallest absolute Gasteiger partial charge is 0.159 e. The minimum atomic E-state index is -1.47. The van der Waals surface area contributed by atoms with Crippen LogP contribution in [0.2, 0.25) is 0 Å². The molecule has 1 atom stereocenters. The molecule has 1 unspecified atom stereocenters. The number of hydrogen-bond donors (Lipinski definition) is 1. The van der Waals surface area contributed by atoms with Crippen molar-refractivity contribution in [1.29, 1.82) is 0 Å². The maximum atomic E-state index is 14.8. The summed E-state index contributed by atoms with van der Waals surface area (Å²) in [6, 6.07) is 7.07. The van der Waals surface area contributed by atoms with E-state index < -0.39 is 5.67 Å². The first-order valence-electron chi connectivity index (χ1n) is 6.27. The summed E-state index contributed by atoms with van der Waals surface area (Å²) in [5.74, 6) is 0.750. The lowest BCUT2D eigenvalue weighted by atomic mass is 9.91. The molecule has 0 aliphatic heterocycles. The van der Waals surface area contributed by atoms with Gasteiger partial charge in [0.05, 0.1) is 13.2 Å². The fraction of sp³-hybridized carbons (Fsp3) is 0.571. The highest BCUT2D eigenvalue weighted by Crippen LogP contribution is 2.32. The van der Waals surface area contributed by atoms with Gasteiger partial charge < -0.3 is 15.2 Å². The van der Waals surface area contributed by atoms with Crippen LogP contribution in [0, 0.1) is 0 Å². The van der Waals surface area contributed by atoms with Crippen molar-refractivity contribution in [3.63, 3.8) is 0 Å².